The zero-order valence-electron chi connectivity index (χ0n) is 20.6. The van der Waals surface area contributed by atoms with Crippen molar-refractivity contribution in [1.82, 2.24) is 19.5 Å². The molecule has 0 fully saturated rings. The van der Waals surface area contributed by atoms with Crippen LogP contribution in [0.3, 0.4) is 0 Å². The van der Waals surface area contributed by atoms with Gasteiger partial charge >= 0.3 is 0 Å². The van der Waals surface area contributed by atoms with Crippen LogP contribution in [-0.4, -0.2) is 45.5 Å². The Balaban J connectivity index is 1.20. The van der Waals surface area contributed by atoms with Crippen LogP contribution in [0.15, 0.2) is 95.6 Å². The fraction of sp³-hybridized carbons (Fsp3) is 0.138. The number of aromatic nitrogens is 3. The number of anilines is 1. The second kappa shape index (κ2) is 11.7. The highest BCUT2D eigenvalue weighted by atomic mass is 79.9. The summed E-state index contributed by atoms with van der Waals surface area (Å²) in [7, 11) is 1.81. The number of amides is 1. The summed E-state index contributed by atoms with van der Waals surface area (Å²) in [4.78, 5) is 19.4. The number of nitrogens with one attached hydrogen (secondary N) is 1. The van der Waals surface area contributed by atoms with Crippen LogP contribution >= 0.6 is 27.5 Å². The minimum Gasteiger partial charge on any atom is -0.457 e. The van der Waals surface area contributed by atoms with E-state index in [2.05, 4.69) is 26.3 Å². The molecule has 0 unspecified atom stereocenters. The van der Waals surface area contributed by atoms with E-state index in [0.29, 0.717) is 35.1 Å². The van der Waals surface area contributed by atoms with E-state index in [1.165, 1.54) is 0 Å². The second-order valence-electron chi connectivity index (χ2n) is 8.68. The van der Waals surface area contributed by atoms with Gasteiger partial charge in [-0.1, -0.05) is 48.0 Å². The summed E-state index contributed by atoms with van der Waals surface area (Å²) in [6.45, 7) is 1.22. The first kappa shape index (κ1) is 25.8. The number of benzene rings is 3. The van der Waals surface area contributed by atoms with Crippen LogP contribution in [0.2, 0.25) is 5.02 Å². The summed E-state index contributed by atoms with van der Waals surface area (Å²) in [5.74, 6) is 2.19. The van der Waals surface area contributed by atoms with E-state index in [1.54, 1.807) is 27.7 Å². The Morgan fingerprint density at radius 2 is 1.74 bits per heavy atom. The SMILES string of the molecule is CN(CCCNc1cc(-c2ccccc2Cl)nc2c(Br)cnn12)C(=O)c1ccc(Oc2ccccc2)cc1. The van der Waals surface area contributed by atoms with Crippen LogP contribution in [0, 0.1) is 0 Å². The molecule has 0 saturated heterocycles. The molecule has 0 aliphatic heterocycles. The predicted octanol–water partition coefficient (Wildman–Crippen LogP) is 7.18. The average molecular weight is 591 g/mol. The molecule has 0 radical (unpaired) electrons. The average Bonchev–Trinajstić information content (AvgIpc) is 3.32. The lowest BCUT2D eigenvalue weighted by molar-refractivity contribution is 0.0794. The first-order valence-electron chi connectivity index (χ1n) is 12.1. The summed E-state index contributed by atoms with van der Waals surface area (Å²) >= 11 is 9.95. The van der Waals surface area contributed by atoms with Crippen molar-refractivity contribution in [3.05, 3.63) is 106 Å². The number of para-hydroxylation sites is 1. The molecule has 38 heavy (non-hydrogen) atoms. The maximum Gasteiger partial charge on any atom is 0.253 e. The van der Waals surface area contributed by atoms with Gasteiger partial charge in [-0.05, 0) is 64.8 Å². The first-order valence-corrected chi connectivity index (χ1v) is 13.3. The number of nitrogens with zero attached hydrogens (tertiary/aromatic N) is 4. The summed E-state index contributed by atoms with van der Waals surface area (Å²) in [6.07, 6.45) is 2.46. The fourth-order valence-corrected chi connectivity index (χ4v) is 4.59. The molecule has 192 valence electrons. The molecule has 3 aromatic carbocycles. The molecule has 0 atom stereocenters. The lowest BCUT2D eigenvalue weighted by Gasteiger charge is -2.18. The van der Waals surface area contributed by atoms with Crippen LogP contribution in [0.5, 0.6) is 11.5 Å². The molecule has 5 rings (SSSR count). The molecule has 0 aliphatic carbocycles. The van der Waals surface area contributed by atoms with Gasteiger partial charge in [-0.2, -0.15) is 9.61 Å². The highest BCUT2D eigenvalue weighted by Crippen LogP contribution is 2.30. The van der Waals surface area contributed by atoms with Crippen LogP contribution in [0.25, 0.3) is 16.9 Å². The molecular weight excluding hydrogens is 566 g/mol. The van der Waals surface area contributed by atoms with Gasteiger partial charge < -0.3 is 15.0 Å². The molecule has 0 bridgehead atoms. The second-order valence-corrected chi connectivity index (χ2v) is 9.94. The van der Waals surface area contributed by atoms with E-state index < -0.39 is 0 Å². The zero-order chi connectivity index (χ0) is 26.5. The predicted molar refractivity (Wildman–Crippen MR) is 154 cm³/mol. The summed E-state index contributed by atoms with van der Waals surface area (Å²) in [6, 6.07) is 26.3. The molecule has 1 amide bonds. The molecular formula is C29H25BrClN5O2. The fourth-order valence-electron chi connectivity index (χ4n) is 4.01. The van der Waals surface area contributed by atoms with Gasteiger partial charge in [0.05, 0.1) is 16.4 Å². The Hall–Kier alpha value is -3.88. The number of halogens is 2. The number of rotatable bonds is 9. The lowest BCUT2D eigenvalue weighted by Crippen LogP contribution is -2.28. The highest BCUT2D eigenvalue weighted by Gasteiger charge is 2.14. The van der Waals surface area contributed by atoms with Crippen LogP contribution in [-0.2, 0) is 0 Å². The third kappa shape index (κ3) is 5.82. The monoisotopic (exact) mass is 589 g/mol. The van der Waals surface area contributed by atoms with Gasteiger partial charge in [0.1, 0.15) is 17.3 Å². The highest BCUT2D eigenvalue weighted by molar-refractivity contribution is 9.10. The van der Waals surface area contributed by atoms with Crippen molar-refractivity contribution >= 4 is 44.9 Å². The zero-order valence-corrected chi connectivity index (χ0v) is 23.0. The van der Waals surface area contributed by atoms with Crippen molar-refractivity contribution in [2.45, 2.75) is 6.42 Å². The Morgan fingerprint density at radius 3 is 2.50 bits per heavy atom. The van der Waals surface area contributed by atoms with Crippen molar-refractivity contribution in [2.24, 2.45) is 0 Å². The number of carbonyl (C=O) groups is 1. The number of fused-ring (bicyclic) bond motifs is 1. The molecule has 0 saturated carbocycles. The van der Waals surface area contributed by atoms with Gasteiger partial charge in [-0.15, -0.1) is 0 Å². The van der Waals surface area contributed by atoms with E-state index in [1.807, 2.05) is 79.8 Å². The third-order valence-corrected chi connectivity index (χ3v) is 6.87. The number of hydrogen-bond acceptors (Lipinski definition) is 5. The van der Waals surface area contributed by atoms with Crippen LogP contribution < -0.4 is 10.1 Å². The molecule has 2 heterocycles. The number of ether oxygens (including phenoxy) is 1. The van der Waals surface area contributed by atoms with Crippen molar-refractivity contribution in [1.29, 1.82) is 0 Å². The Labute approximate surface area is 234 Å². The van der Waals surface area contributed by atoms with Crippen molar-refractivity contribution in [2.75, 3.05) is 25.5 Å². The first-order chi connectivity index (χ1) is 18.5. The normalized spacial score (nSPS) is 10.9. The van der Waals surface area contributed by atoms with Crippen LogP contribution in [0.1, 0.15) is 16.8 Å². The number of carbonyl (C=O) groups excluding carboxylic acids is 1. The minimum atomic E-state index is -0.0421. The van der Waals surface area contributed by atoms with Gasteiger partial charge in [0.2, 0.25) is 0 Å². The minimum absolute atomic E-state index is 0.0421. The van der Waals surface area contributed by atoms with Crippen molar-refractivity contribution < 1.29 is 9.53 Å². The maximum absolute atomic E-state index is 12.9. The quantitative estimate of drug-likeness (QED) is 0.184. The molecule has 5 aromatic rings. The van der Waals surface area contributed by atoms with E-state index in [4.69, 9.17) is 21.3 Å². The summed E-state index contributed by atoms with van der Waals surface area (Å²) in [5, 5.41) is 8.50. The summed E-state index contributed by atoms with van der Waals surface area (Å²) < 4.78 is 8.36. The molecule has 7 nitrogen and oxygen atoms in total. The van der Waals surface area contributed by atoms with E-state index >= 15 is 0 Å². The molecule has 2 aromatic heterocycles. The largest absolute Gasteiger partial charge is 0.457 e. The maximum atomic E-state index is 12.9. The van der Waals surface area contributed by atoms with Crippen molar-refractivity contribution in [3.63, 3.8) is 0 Å². The van der Waals surface area contributed by atoms with E-state index in [-0.39, 0.29) is 5.91 Å². The van der Waals surface area contributed by atoms with Gasteiger partial charge in [0.25, 0.3) is 5.91 Å². The van der Waals surface area contributed by atoms with Gasteiger partial charge in [0.15, 0.2) is 5.65 Å². The molecule has 9 heteroatoms. The van der Waals surface area contributed by atoms with Crippen LogP contribution in [0.4, 0.5) is 5.82 Å². The van der Waals surface area contributed by atoms with Gasteiger partial charge in [-0.25, -0.2) is 4.98 Å². The Bertz CT molecular complexity index is 1560. The standard InChI is InChI=1S/C29H25BrClN5O2/c1-35(29(37)20-12-14-22(15-13-20)38-21-8-3-2-4-9-21)17-7-16-32-27-18-26(23-10-5-6-11-25(23)31)34-28-24(30)19-33-36(27)28/h2-6,8-15,18-19,32H,7,16-17H2,1H3. The van der Waals surface area contributed by atoms with E-state index in [9.17, 15) is 4.79 Å². The molecule has 1 N–H and O–H groups in total. The van der Waals surface area contributed by atoms with Crippen molar-refractivity contribution in [3.8, 4) is 22.8 Å². The molecule has 0 aliphatic rings. The Kier molecular flexibility index (Phi) is 7.91. The topological polar surface area (TPSA) is 71.8 Å². The van der Waals surface area contributed by atoms with Gasteiger partial charge in [-0.3, -0.25) is 4.79 Å². The molecule has 0 spiro atoms. The lowest BCUT2D eigenvalue weighted by atomic mass is 10.1. The number of hydrogen-bond donors (Lipinski definition) is 1. The van der Waals surface area contributed by atoms with Gasteiger partial charge in [0, 0.05) is 42.4 Å². The summed E-state index contributed by atoms with van der Waals surface area (Å²) in [5.41, 5.74) is 2.90. The Morgan fingerprint density at radius 1 is 1.03 bits per heavy atom. The third-order valence-electron chi connectivity index (χ3n) is 5.98. The van der Waals surface area contributed by atoms with E-state index in [0.717, 1.165) is 33.7 Å². The smallest absolute Gasteiger partial charge is 0.253 e.